The number of hydrogen-bond donors (Lipinski definition) is 2. The van der Waals surface area contributed by atoms with E-state index in [-0.39, 0.29) is 0 Å². The molecule has 0 saturated heterocycles. The van der Waals surface area contributed by atoms with E-state index in [0.717, 1.165) is 18.3 Å². The van der Waals surface area contributed by atoms with Crippen molar-refractivity contribution in [3.05, 3.63) is 83.7 Å². The van der Waals surface area contributed by atoms with Crippen LogP contribution in [0.2, 0.25) is 0 Å². The Morgan fingerprint density at radius 3 is 2.54 bits per heavy atom. The average molecular weight is 377 g/mol. The molecule has 28 heavy (non-hydrogen) atoms. The number of nitrogens with zero attached hydrogens (tertiary/aromatic N) is 3. The number of hydrogen-bond acceptors (Lipinski definition) is 3. The van der Waals surface area contributed by atoms with E-state index < -0.39 is 0 Å². The molecule has 3 rings (SSSR count). The molecule has 0 aliphatic carbocycles. The maximum absolute atomic E-state index is 5.74. The van der Waals surface area contributed by atoms with Crippen molar-refractivity contribution in [3.63, 3.8) is 0 Å². The van der Waals surface area contributed by atoms with Crippen LogP contribution in [0.1, 0.15) is 16.7 Å². The molecule has 3 aromatic rings. The van der Waals surface area contributed by atoms with Crippen molar-refractivity contribution in [2.75, 3.05) is 20.2 Å². The Balaban J connectivity index is 1.46. The lowest BCUT2D eigenvalue weighted by Crippen LogP contribution is -2.39. The third kappa shape index (κ3) is 5.87. The molecule has 0 bridgehead atoms. The molecule has 0 aliphatic heterocycles. The molecule has 0 atom stereocenters. The molecule has 6 heteroatoms. The molecule has 1 heterocycles. The SMILES string of the molecule is CN=C(NCCOc1ccc(C)cc1)NCc1ccccc1Cn1cccn1. The minimum Gasteiger partial charge on any atom is -0.492 e. The second-order valence-electron chi connectivity index (χ2n) is 6.49. The molecule has 0 spiro atoms. The van der Waals surface area contributed by atoms with Gasteiger partial charge in [-0.15, -0.1) is 0 Å². The van der Waals surface area contributed by atoms with Crippen LogP contribution in [0, 0.1) is 6.92 Å². The van der Waals surface area contributed by atoms with Crippen molar-refractivity contribution in [2.45, 2.75) is 20.0 Å². The van der Waals surface area contributed by atoms with Gasteiger partial charge in [0.05, 0.1) is 13.1 Å². The predicted octanol–water partition coefficient (Wildman–Crippen LogP) is 2.98. The number of guanidine groups is 1. The highest BCUT2D eigenvalue weighted by atomic mass is 16.5. The third-order valence-electron chi connectivity index (χ3n) is 4.36. The zero-order chi connectivity index (χ0) is 19.6. The summed E-state index contributed by atoms with van der Waals surface area (Å²) in [7, 11) is 1.77. The number of aryl methyl sites for hydroxylation is 1. The lowest BCUT2D eigenvalue weighted by atomic mass is 10.1. The molecule has 146 valence electrons. The second-order valence-corrected chi connectivity index (χ2v) is 6.49. The zero-order valence-electron chi connectivity index (χ0n) is 16.4. The standard InChI is InChI=1S/C22H27N5O/c1-18-8-10-21(11-9-18)28-15-13-24-22(23-2)25-16-19-6-3-4-7-20(19)17-27-14-5-12-26-27/h3-12,14H,13,15-17H2,1-2H3,(H2,23,24,25). The number of nitrogens with one attached hydrogen (secondary N) is 2. The summed E-state index contributed by atoms with van der Waals surface area (Å²) < 4.78 is 7.67. The fourth-order valence-electron chi connectivity index (χ4n) is 2.83. The second kappa shape index (κ2) is 10.2. The molecule has 0 radical (unpaired) electrons. The molecule has 0 aliphatic rings. The van der Waals surface area contributed by atoms with Gasteiger partial charge in [0.2, 0.25) is 0 Å². The van der Waals surface area contributed by atoms with Gasteiger partial charge in [0.15, 0.2) is 5.96 Å². The van der Waals surface area contributed by atoms with Crippen LogP contribution in [0.5, 0.6) is 5.75 Å². The van der Waals surface area contributed by atoms with Crippen LogP contribution in [-0.4, -0.2) is 35.9 Å². The van der Waals surface area contributed by atoms with E-state index in [1.54, 1.807) is 13.2 Å². The summed E-state index contributed by atoms with van der Waals surface area (Å²) in [6.45, 7) is 4.74. The van der Waals surface area contributed by atoms with Crippen molar-refractivity contribution in [1.82, 2.24) is 20.4 Å². The fraction of sp³-hybridized carbons (Fsp3) is 0.273. The van der Waals surface area contributed by atoms with Gasteiger partial charge in [-0.3, -0.25) is 9.67 Å². The lowest BCUT2D eigenvalue weighted by molar-refractivity contribution is 0.322. The quantitative estimate of drug-likeness (QED) is 0.360. The van der Waals surface area contributed by atoms with Gasteiger partial charge in [0, 0.05) is 26.0 Å². The van der Waals surface area contributed by atoms with Crippen molar-refractivity contribution < 1.29 is 4.74 Å². The third-order valence-corrected chi connectivity index (χ3v) is 4.36. The van der Waals surface area contributed by atoms with E-state index in [1.807, 2.05) is 41.2 Å². The minimum atomic E-state index is 0.569. The Morgan fingerprint density at radius 1 is 1.04 bits per heavy atom. The Bertz CT molecular complexity index is 872. The predicted molar refractivity (Wildman–Crippen MR) is 113 cm³/mol. The van der Waals surface area contributed by atoms with Gasteiger partial charge in [-0.25, -0.2) is 0 Å². The lowest BCUT2D eigenvalue weighted by Gasteiger charge is -2.15. The molecule has 1 aromatic heterocycles. The van der Waals surface area contributed by atoms with Gasteiger partial charge in [-0.2, -0.15) is 5.10 Å². The maximum Gasteiger partial charge on any atom is 0.191 e. The molecule has 2 N–H and O–H groups in total. The van der Waals surface area contributed by atoms with Gasteiger partial charge in [0.25, 0.3) is 0 Å². The first-order valence-corrected chi connectivity index (χ1v) is 9.43. The highest BCUT2D eigenvalue weighted by Gasteiger charge is 2.04. The van der Waals surface area contributed by atoms with E-state index in [1.165, 1.54) is 16.7 Å². The monoisotopic (exact) mass is 377 g/mol. The first-order chi connectivity index (χ1) is 13.7. The first kappa shape index (κ1) is 19.5. The number of aromatic nitrogens is 2. The van der Waals surface area contributed by atoms with Crippen LogP contribution in [-0.2, 0) is 13.1 Å². The first-order valence-electron chi connectivity index (χ1n) is 9.43. The molecule has 2 aromatic carbocycles. The Morgan fingerprint density at radius 2 is 1.82 bits per heavy atom. The van der Waals surface area contributed by atoms with Gasteiger partial charge in [0.1, 0.15) is 12.4 Å². The van der Waals surface area contributed by atoms with Crippen molar-refractivity contribution in [3.8, 4) is 5.75 Å². The van der Waals surface area contributed by atoms with Crippen LogP contribution in [0.25, 0.3) is 0 Å². The van der Waals surface area contributed by atoms with Gasteiger partial charge < -0.3 is 15.4 Å². The molecular weight excluding hydrogens is 350 g/mol. The van der Waals surface area contributed by atoms with Crippen LogP contribution >= 0.6 is 0 Å². The van der Waals surface area contributed by atoms with Crippen molar-refractivity contribution in [2.24, 2.45) is 4.99 Å². The molecule has 0 amide bonds. The van der Waals surface area contributed by atoms with Crippen LogP contribution in [0.3, 0.4) is 0 Å². The van der Waals surface area contributed by atoms with E-state index in [2.05, 4.69) is 51.9 Å². The summed E-state index contributed by atoms with van der Waals surface area (Å²) in [6, 6.07) is 18.4. The smallest absolute Gasteiger partial charge is 0.191 e. The normalized spacial score (nSPS) is 11.3. The molecule has 6 nitrogen and oxygen atoms in total. The van der Waals surface area contributed by atoms with Crippen molar-refractivity contribution >= 4 is 5.96 Å². The Kier molecular flexibility index (Phi) is 7.07. The van der Waals surface area contributed by atoms with E-state index in [9.17, 15) is 0 Å². The summed E-state index contributed by atoms with van der Waals surface area (Å²) in [5.41, 5.74) is 3.68. The Hall–Kier alpha value is -3.28. The summed E-state index contributed by atoms with van der Waals surface area (Å²) in [5, 5.41) is 10.9. The largest absolute Gasteiger partial charge is 0.492 e. The number of benzene rings is 2. The molecule has 0 saturated carbocycles. The van der Waals surface area contributed by atoms with E-state index in [4.69, 9.17) is 4.74 Å². The van der Waals surface area contributed by atoms with E-state index in [0.29, 0.717) is 19.7 Å². The molecular formula is C22H27N5O. The highest BCUT2D eigenvalue weighted by molar-refractivity contribution is 5.79. The zero-order valence-corrected chi connectivity index (χ0v) is 16.4. The van der Waals surface area contributed by atoms with Gasteiger partial charge >= 0.3 is 0 Å². The maximum atomic E-state index is 5.74. The van der Waals surface area contributed by atoms with Crippen molar-refractivity contribution in [1.29, 1.82) is 0 Å². The number of ether oxygens (including phenoxy) is 1. The summed E-state index contributed by atoms with van der Waals surface area (Å²) in [4.78, 5) is 4.29. The van der Waals surface area contributed by atoms with Crippen LogP contribution in [0.4, 0.5) is 0 Å². The van der Waals surface area contributed by atoms with Crippen LogP contribution < -0.4 is 15.4 Å². The molecule has 0 unspecified atom stereocenters. The van der Waals surface area contributed by atoms with Gasteiger partial charge in [-0.05, 0) is 36.2 Å². The fourth-order valence-corrected chi connectivity index (χ4v) is 2.83. The highest BCUT2D eigenvalue weighted by Crippen LogP contribution is 2.11. The molecule has 0 fully saturated rings. The number of aliphatic imine (C=N–C) groups is 1. The topological polar surface area (TPSA) is 63.5 Å². The van der Waals surface area contributed by atoms with Crippen LogP contribution in [0.15, 0.2) is 72.0 Å². The van der Waals surface area contributed by atoms with Gasteiger partial charge in [-0.1, -0.05) is 42.0 Å². The number of rotatable bonds is 8. The Labute approximate surface area is 166 Å². The minimum absolute atomic E-state index is 0.569. The summed E-state index contributed by atoms with van der Waals surface area (Å²) in [6.07, 6.45) is 3.77. The summed E-state index contributed by atoms with van der Waals surface area (Å²) >= 11 is 0. The average Bonchev–Trinajstić information content (AvgIpc) is 3.23. The summed E-state index contributed by atoms with van der Waals surface area (Å²) in [5.74, 6) is 1.63. The van der Waals surface area contributed by atoms with E-state index >= 15 is 0 Å².